The van der Waals surface area contributed by atoms with E-state index in [4.69, 9.17) is 0 Å². The lowest BCUT2D eigenvalue weighted by Crippen LogP contribution is -2.31. The van der Waals surface area contributed by atoms with Crippen LogP contribution in [0.3, 0.4) is 0 Å². The van der Waals surface area contributed by atoms with Crippen LogP contribution in [0.4, 0.5) is 0 Å². The van der Waals surface area contributed by atoms with Crippen molar-refractivity contribution in [3.63, 3.8) is 0 Å². The van der Waals surface area contributed by atoms with Gasteiger partial charge >= 0.3 is 0 Å². The molecule has 11 aromatic rings. The zero-order chi connectivity index (χ0) is 42.1. The molecule has 12 rings (SSSR count). The summed E-state index contributed by atoms with van der Waals surface area (Å²) in [7, 11) is 2.15. The Bertz CT molecular complexity index is 3430. The molecule has 0 bridgehead atoms. The molecule has 3 heterocycles. The first-order valence-electron chi connectivity index (χ1n) is 21.7. The van der Waals surface area contributed by atoms with Gasteiger partial charge < -0.3 is 14.5 Å². The van der Waals surface area contributed by atoms with Crippen molar-refractivity contribution in [1.29, 1.82) is 0 Å². The van der Waals surface area contributed by atoms with Gasteiger partial charge in [0.05, 0.1) is 17.7 Å². The molecular weight excluding hydrogens is 765 g/mol. The largest absolute Gasteiger partial charge is 0.378 e. The van der Waals surface area contributed by atoms with E-state index in [9.17, 15) is 0 Å². The first-order valence-corrected chi connectivity index (χ1v) is 21.7. The third-order valence-corrected chi connectivity index (χ3v) is 12.5. The summed E-state index contributed by atoms with van der Waals surface area (Å²) in [5, 5.41) is 11.8. The summed E-state index contributed by atoms with van der Waals surface area (Å²) < 4.78 is 4.65. The Balaban J connectivity index is 0.000000142. The van der Waals surface area contributed by atoms with Crippen LogP contribution >= 0.6 is 0 Å². The summed E-state index contributed by atoms with van der Waals surface area (Å²) in [6, 6.07) is 78.6. The number of aromatic nitrogens is 2. The molecule has 0 aliphatic carbocycles. The molecule has 4 nitrogen and oxygen atoms in total. The van der Waals surface area contributed by atoms with Crippen LogP contribution in [0, 0.1) is 0 Å². The molecule has 4 heteroatoms. The Morgan fingerprint density at radius 3 is 1.51 bits per heavy atom. The smallest absolute Gasteiger partial charge is 0.0650 e. The van der Waals surface area contributed by atoms with Crippen molar-refractivity contribution in [1.82, 2.24) is 19.8 Å². The van der Waals surface area contributed by atoms with Gasteiger partial charge in [-0.3, -0.25) is 5.32 Å². The van der Waals surface area contributed by atoms with E-state index < -0.39 is 0 Å². The first kappa shape index (κ1) is 38.0. The number of aryl methyl sites for hydroxylation is 1. The van der Waals surface area contributed by atoms with Gasteiger partial charge in [-0.15, -0.1) is 0 Å². The van der Waals surface area contributed by atoms with Crippen LogP contribution in [0.1, 0.15) is 5.56 Å². The number of fused-ring (bicyclic) bond motifs is 6. The molecule has 0 saturated carbocycles. The van der Waals surface area contributed by atoms with Gasteiger partial charge in [0.25, 0.3) is 0 Å². The van der Waals surface area contributed by atoms with E-state index in [2.05, 4.69) is 251 Å². The summed E-state index contributed by atoms with van der Waals surface area (Å²) in [5.41, 5.74) is 18.7. The summed E-state index contributed by atoms with van der Waals surface area (Å²) in [5.74, 6) is 0. The van der Waals surface area contributed by atoms with Gasteiger partial charge in [0.2, 0.25) is 0 Å². The van der Waals surface area contributed by atoms with Gasteiger partial charge in [-0.1, -0.05) is 164 Å². The lowest BCUT2D eigenvalue weighted by Gasteiger charge is -2.16. The molecule has 1 aliphatic heterocycles. The molecule has 302 valence electrons. The van der Waals surface area contributed by atoms with Crippen molar-refractivity contribution >= 4 is 49.2 Å². The highest BCUT2D eigenvalue weighted by molar-refractivity contribution is 6.12. The molecule has 1 aliphatic rings. The average Bonchev–Trinajstić information content (AvgIpc) is 3.85. The van der Waals surface area contributed by atoms with Gasteiger partial charge in [0, 0.05) is 58.1 Å². The molecule has 2 aromatic heterocycles. The molecule has 9 aromatic carbocycles. The van der Waals surface area contributed by atoms with Crippen molar-refractivity contribution in [2.45, 2.75) is 0 Å². The number of rotatable bonds is 6. The van der Waals surface area contributed by atoms with Crippen molar-refractivity contribution in [3.8, 4) is 50.2 Å². The zero-order valence-electron chi connectivity index (χ0n) is 35.2. The second-order valence-corrected chi connectivity index (χ2v) is 16.3. The van der Waals surface area contributed by atoms with E-state index in [1.54, 1.807) is 0 Å². The number of benzene rings is 9. The standard InChI is InChI=1S/C31H22N2.C28H24N2/c1-32-28-13-7-5-11-24(28)26-19-21(15-17-29(26)32)22-16-18-31-27(20-22)25-12-6-8-14-30(25)33(31)23-9-3-2-4-10-23;1-3-7-23(8-4-1)27-16-15-25(17-28(27)24-9-5-2-6-10-24)21-11-13-22(14-12-21)26-18-29-20-30-19-26/h2-20H,1H3;1-18,29-30H,19-20H2. The number of para-hydroxylation sites is 3. The summed E-state index contributed by atoms with van der Waals surface area (Å²) >= 11 is 0. The lowest BCUT2D eigenvalue weighted by molar-refractivity contribution is 0.678. The topological polar surface area (TPSA) is 33.9 Å². The normalized spacial score (nSPS) is 12.6. The molecule has 63 heavy (non-hydrogen) atoms. The Hall–Kier alpha value is -7.92. The highest BCUT2D eigenvalue weighted by Gasteiger charge is 2.15. The van der Waals surface area contributed by atoms with Crippen molar-refractivity contribution in [2.75, 3.05) is 13.2 Å². The van der Waals surface area contributed by atoms with E-state index in [1.807, 2.05) is 0 Å². The van der Waals surface area contributed by atoms with Gasteiger partial charge in [-0.05, 0) is 110 Å². The van der Waals surface area contributed by atoms with Crippen LogP contribution in [-0.2, 0) is 7.05 Å². The maximum Gasteiger partial charge on any atom is 0.0650 e. The molecule has 0 radical (unpaired) electrons. The average molecular weight is 811 g/mol. The molecule has 2 N–H and O–H groups in total. The SMILES string of the molecule is C1=C(c2ccc(-c3ccc(-c4ccccc4)c(-c4ccccc4)c3)cc2)CNCN1.Cn1c2ccccc2c2cc(-c3ccc4c(c3)c3ccccc3n4-c3ccccc3)ccc21. The maximum atomic E-state index is 3.35. The molecule has 0 unspecified atom stereocenters. The molecule has 0 saturated heterocycles. The minimum Gasteiger partial charge on any atom is -0.378 e. The Kier molecular flexibility index (Phi) is 9.96. The quantitative estimate of drug-likeness (QED) is 0.175. The second kappa shape index (κ2) is 16.5. The number of nitrogens with zero attached hydrogens (tertiary/aromatic N) is 2. The molecule has 0 amide bonds. The molecular formula is C59H46N4. The van der Waals surface area contributed by atoms with Crippen LogP contribution < -0.4 is 10.6 Å². The van der Waals surface area contributed by atoms with Crippen molar-refractivity contribution in [3.05, 3.63) is 230 Å². The maximum absolute atomic E-state index is 3.35. The Morgan fingerprint density at radius 2 is 0.841 bits per heavy atom. The first-order chi connectivity index (χ1) is 31.2. The predicted molar refractivity (Wildman–Crippen MR) is 267 cm³/mol. The van der Waals surface area contributed by atoms with Crippen LogP contribution in [-0.4, -0.2) is 22.3 Å². The molecule has 0 spiro atoms. The number of nitrogens with one attached hydrogen (secondary N) is 2. The van der Waals surface area contributed by atoms with E-state index in [0.29, 0.717) is 0 Å². The summed E-state index contributed by atoms with van der Waals surface area (Å²) in [4.78, 5) is 0. The predicted octanol–water partition coefficient (Wildman–Crippen LogP) is 14.3. The third-order valence-electron chi connectivity index (χ3n) is 12.5. The minimum atomic E-state index is 0.831. The fourth-order valence-corrected chi connectivity index (χ4v) is 9.36. The van der Waals surface area contributed by atoms with Crippen molar-refractivity contribution in [2.24, 2.45) is 7.05 Å². The molecule has 0 atom stereocenters. The number of hydrogen-bond acceptors (Lipinski definition) is 2. The lowest BCUT2D eigenvalue weighted by atomic mass is 9.91. The summed E-state index contributed by atoms with van der Waals surface area (Å²) in [6.07, 6.45) is 2.10. The third kappa shape index (κ3) is 7.17. The van der Waals surface area contributed by atoms with Crippen LogP contribution in [0.5, 0.6) is 0 Å². The van der Waals surface area contributed by atoms with E-state index in [0.717, 1.165) is 13.2 Å². The van der Waals surface area contributed by atoms with Crippen molar-refractivity contribution < 1.29 is 0 Å². The van der Waals surface area contributed by atoms with E-state index in [-0.39, 0.29) is 0 Å². The Labute approximate surface area is 368 Å². The van der Waals surface area contributed by atoms with E-state index in [1.165, 1.54) is 105 Å². The van der Waals surface area contributed by atoms with Gasteiger partial charge in [-0.2, -0.15) is 0 Å². The van der Waals surface area contributed by atoms with Gasteiger partial charge in [0.15, 0.2) is 0 Å². The monoisotopic (exact) mass is 810 g/mol. The van der Waals surface area contributed by atoms with Gasteiger partial charge in [-0.25, -0.2) is 0 Å². The van der Waals surface area contributed by atoms with Crippen LogP contribution in [0.2, 0.25) is 0 Å². The van der Waals surface area contributed by atoms with E-state index >= 15 is 0 Å². The van der Waals surface area contributed by atoms with Crippen LogP contribution in [0.15, 0.2) is 225 Å². The Morgan fingerprint density at radius 1 is 0.365 bits per heavy atom. The van der Waals surface area contributed by atoms with Gasteiger partial charge in [0.1, 0.15) is 0 Å². The zero-order valence-corrected chi connectivity index (χ0v) is 35.2. The minimum absolute atomic E-state index is 0.831. The highest BCUT2D eigenvalue weighted by atomic mass is 15.1. The fraction of sp³-hybridized carbons (Fsp3) is 0.0508. The fourth-order valence-electron chi connectivity index (χ4n) is 9.36. The van der Waals surface area contributed by atoms with Crippen LogP contribution in [0.25, 0.3) is 99.4 Å². The second-order valence-electron chi connectivity index (χ2n) is 16.3. The highest BCUT2D eigenvalue weighted by Crippen LogP contribution is 2.38. The summed E-state index contributed by atoms with van der Waals surface area (Å²) in [6.45, 7) is 1.73. The number of hydrogen-bond donors (Lipinski definition) is 2. The molecule has 0 fully saturated rings.